The molecule has 0 aliphatic rings. The third kappa shape index (κ3) is 4.53. The minimum absolute atomic E-state index is 0.275. The highest BCUT2D eigenvalue weighted by molar-refractivity contribution is 5.80. The molecule has 0 unspecified atom stereocenters. The van der Waals surface area contributed by atoms with E-state index in [1.807, 2.05) is 6.92 Å². The summed E-state index contributed by atoms with van der Waals surface area (Å²) in [6.07, 6.45) is 4.25. The predicted molar refractivity (Wildman–Crippen MR) is 53.2 cm³/mol. The third-order valence-electron chi connectivity index (χ3n) is 2.44. The zero-order valence-electron chi connectivity index (χ0n) is 8.89. The van der Waals surface area contributed by atoms with Crippen molar-refractivity contribution >= 4 is 5.78 Å². The first-order chi connectivity index (χ1) is 5.61. The van der Waals surface area contributed by atoms with E-state index in [0.717, 1.165) is 6.42 Å². The normalized spacial score (nSPS) is 15.7. The quantitative estimate of drug-likeness (QED) is 0.597. The molecular formula is C11H22O. The molecule has 0 bridgehead atoms. The molecule has 72 valence electrons. The van der Waals surface area contributed by atoms with Crippen molar-refractivity contribution in [2.45, 2.75) is 53.4 Å². The van der Waals surface area contributed by atoms with Crippen LogP contribution in [0, 0.1) is 11.8 Å². The van der Waals surface area contributed by atoms with Gasteiger partial charge in [0.1, 0.15) is 5.78 Å². The summed E-state index contributed by atoms with van der Waals surface area (Å²) in [5.74, 6) is 1.40. The highest BCUT2D eigenvalue weighted by Gasteiger charge is 2.13. The number of carbonyl (C=O) groups excluding carboxylic acids is 1. The van der Waals surface area contributed by atoms with Crippen molar-refractivity contribution in [2.24, 2.45) is 11.8 Å². The predicted octanol–water partition coefficient (Wildman–Crippen LogP) is 3.43. The van der Waals surface area contributed by atoms with Gasteiger partial charge < -0.3 is 0 Å². The average Bonchev–Trinajstić information content (AvgIpc) is 2.03. The SMILES string of the molecule is CCC[C@H](C)C[C@H](C)C(=O)CC. The fraction of sp³-hybridized carbons (Fsp3) is 0.909. The Kier molecular flexibility index (Phi) is 6.04. The van der Waals surface area contributed by atoms with Gasteiger partial charge in [0.25, 0.3) is 0 Å². The Morgan fingerprint density at radius 3 is 2.25 bits per heavy atom. The van der Waals surface area contributed by atoms with Crippen molar-refractivity contribution in [1.82, 2.24) is 0 Å². The zero-order chi connectivity index (χ0) is 9.56. The Bertz CT molecular complexity index is 129. The Morgan fingerprint density at radius 1 is 1.25 bits per heavy atom. The summed E-state index contributed by atoms with van der Waals surface area (Å²) in [6, 6.07) is 0. The van der Waals surface area contributed by atoms with E-state index in [2.05, 4.69) is 20.8 Å². The molecule has 2 atom stereocenters. The lowest BCUT2D eigenvalue weighted by atomic mass is 9.90. The number of hydrogen-bond donors (Lipinski definition) is 0. The van der Waals surface area contributed by atoms with Crippen LogP contribution in [0.15, 0.2) is 0 Å². The average molecular weight is 170 g/mol. The van der Waals surface area contributed by atoms with E-state index < -0.39 is 0 Å². The molecule has 1 nitrogen and oxygen atoms in total. The summed E-state index contributed by atoms with van der Waals surface area (Å²) >= 11 is 0. The smallest absolute Gasteiger partial charge is 0.135 e. The molecule has 0 amide bonds. The molecule has 0 aromatic heterocycles. The highest BCUT2D eigenvalue weighted by Crippen LogP contribution is 2.17. The maximum atomic E-state index is 11.3. The van der Waals surface area contributed by atoms with Crippen LogP contribution in [-0.4, -0.2) is 5.78 Å². The van der Waals surface area contributed by atoms with Crippen molar-refractivity contribution in [1.29, 1.82) is 0 Å². The molecular weight excluding hydrogens is 148 g/mol. The summed E-state index contributed by atoms with van der Waals surface area (Å²) in [6.45, 7) is 8.44. The van der Waals surface area contributed by atoms with Gasteiger partial charge in [-0.15, -0.1) is 0 Å². The van der Waals surface area contributed by atoms with Gasteiger partial charge in [-0.05, 0) is 12.3 Å². The van der Waals surface area contributed by atoms with Crippen LogP contribution in [0.1, 0.15) is 53.4 Å². The summed E-state index contributed by atoms with van der Waals surface area (Å²) < 4.78 is 0. The van der Waals surface area contributed by atoms with Gasteiger partial charge in [-0.2, -0.15) is 0 Å². The maximum Gasteiger partial charge on any atom is 0.135 e. The van der Waals surface area contributed by atoms with E-state index in [1.54, 1.807) is 0 Å². The van der Waals surface area contributed by atoms with Crippen LogP contribution in [-0.2, 0) is 4.79 Å². The highest BCUT2D eigenvalue weighted by atomic mass is 16.1. The van der Waals surface area contributed by atoms with Crippen molar-refractivity contribution in [3.8, 4) is 0 Å². The number of carbonyl (C=O) groups is 1. The molecule has 0 rings (SSSR count). The number of hydrogen-bond acceptors (Lipinski definition) is 1. The molecule has 0 heterocycles. The molecule has 1 heteroatoms. The minimum atomic E-state index is 0.275. The van der Waals surface area contributed by atoms with Gasteiger partial charge >= 0.3 is 0 Å². The van der Waals surface area contributed by atoms with Crippen LogP contribution in [0.5, 0.6) is 0 Å². The fourth-order valence-corrected chi connectivity index (χ4v) is 1.69. The van der Waals surface area contributed by atoms with Crippen LogP contribution in [0.4, 0.5) is 0 Å². The molecule has 0 aliphatic heterocycles. The molecule has 12 heavy (non-hydrogen) atoms. The fourth-order valence-electron chi connectivity index (χ4n) is 1.69. The Balaban J connectivity index is 3.67. The minimum Gasteiger partial charge on any atom is -0.299 e. The van der Waals surface area contributed by atoms with Crippen molar-refractivity contribution in [3.63, 3.8) is 0 Å². The molecule has 0 saturated heterocycles. The Morgan fingerprint density at radius 2 is 1.83 bits per heavy atom. The van der Waals surface area contributed by atoms with Gasteiger partial charge in [-0.25, -0.2) is 0 Å². The van der Waals surface area contributed by atoms with E-state index in [0.29, 0.717) is 18.1 Å². The van der Waals surface area contributed by atoms with Crippen LogP contribution in [0.3, 0.4) is 0 Å². The van der Waals surface area contributed by atoms with Gasteiger partial charge in [0.2, 0.25) is 0 Å². The molecule has 0 aliphatic carbocycles. The second-order valence-corrected chi connectivity index (χ2v) is 3.85. The van der Waals surface area contributed by atoms with E-state index >= 15 is 0 Å². The summed E-state index contributed by atoms with van der Waals surface area (Å²) in [5, 5.41) is 0. The second kappa shape index (κ2) is 6.22. The second-order valence-electron chi connectivity index (χ2n) is 3.85. The lowest BCUT2D eigenvalue weighted by Gasteiger charge is -2.14. The van der Waals surface area contributed by atoms with Crippen LogP contribution in [0.25, 0.3) is 0 Å². The van der Waals surface area contributed by atoms with E-state index in [-0.39, 0.29) is 5.92 Å². The Labute approximate surface area is 76.6 Å². The van der Waals surface area contributed by atoms with Crippen molar-refractivity contribution < 1.29 is 4.79 Å². The van der Waals surface area contributed by atoms with Gasteiger partial charge in [0, 0.05) is 12.3 Å². The van der Waals surface area contributed by atoms with Gasteiger partial charge in [-0.1, -0.05) is 40.5 Å². The van der Waals surface area contributed by atoms with Gasteiger partial charge in [0.15, 0.2) is 0 Å². The van der Waals surface area contributed by atoms with E-state index in [4.69, 9.17) is 0 Å². The van der Waals surface area contributed by atoms with Gasteiger partial charge in [0.05, 0.1) is 0 Å². The topological polar surface area (TPSA) is 17.1 Å². The van der Waals surface area contributed by atoms with E-state index in [1.165, 1.54) is 12.8 Å². The molecule has 0 saturated carbocycles. The molecule has 0 aromatic carbocycles. The first kappa shape index (κ1) is 11.7. The van der Waals surface area contributed by atoms with Crippen LogP contribution >= 0.6 is 0 Å². The van der Waals surface area contributed by atoms with Gasteiger partial charge in [-0.3, -0.25) is 4.79 Å². The molecule has 0 aromatic rings. The lowest BCUT2D eigenvalue weighted by molar-refractivity contribution is -0.122. The Hall–Kier alpha value is -0.330. The number of ketones is 1. The van der Waals surface area contributed by atoms with Crippen molar-refractivity contribution in [3.05, 3.63) is 0 Å². The summed E-state index contributed by atoms with van der Waals surface area (Å²) in [7, 11) is 0. The largest absolute Gasteiger partial charge is 0.299 e. The molecule has 0 spiro atoms. The summed E-state index contributed by atoms with van der Waals surface area (Å²) in [4.78, 5) is 11.3. The monoisotopic (exact) mass is 170 g/mol. The molecule has 0 N–H and O–H groups in total. The van der Waals surface area contributed by atoms with Crippen LogP contribution < -0.4 is 0 Å². The number of rotatable bonds is 6. The number of Topliss-reactive ketones (excluding diaryl/α,β-unsaturated/α-hetero) is 1. The van der Waals surface area contributed by atoms with Crippen LogP contribution in [0.2, 0.25) is 0 Å². The first-order valence-electron chi connectivity index (χ1n) is 5.14. The standard InChI is InChI=1S/C11H22O/c1-5-7-9(3)8-10(4)11(12)6-2/h9-10H,5-8H2,1-4H3/t9-,10-/m0/s1. The lowest BCUT2D eigenvalue weighted by Crippen LogP contribution is -2.13. The third-order valence-corrected chi connectivity index (χ3v) is 2.44. The van der Waals surface area contributed by atoms with Crippen molar-refractivity contribution in [2.75, 3.05) is 0 Å². The van der Waals surface area contributed by atoms with E-state index in [9.17, 15) is 4.79 Å². The summed E-state index contributed by atoms with van der Waals surface area (Å²) in [5.41, 5.74) is 0. The molecule has 0 radical (unpaired) electrons. The first-order valence-corrected chi connectivity index (χ1v) is 5.14. The zero-order valence-corrected chi connectivity index (χ0v) is 8.89. The maximum absolute atomic E-state index is 11.3. The molecule has 0 fully saturated rings.